The molecule has 4 N–H and O–H groups in total. The molecule has 0 aliphatic rings. The molecule has 15 heavy (non-hydrogen) atoms. The third kappa shape index (κ3) is 2.36. The van der Waals surface area contributed by atoms with E-state index < -0.39 is 11.4 Å². The summed E-state index contributed by atoms with van der Waals surface area (Å²) in [5.41, 5.74) is 12.0. The van der Waals surface area contributed by atoms with Crippen molar-refractivity contribution >= 4 is 5.91 Å². The van der Waals surface area contributed by atoms with Gasteiger partial charge in [0.25, 0.3) is 0 Å². The Morgan fingerprint density at radius 2 is 1.73 bits per heavy atom. The summed E-state index contributed by atoms with van der Waals surface area (Å²) in [4.78, 5) is 11.1. The molecule has 1 aromatic carbocycles. The van der Waals surface area contributed by atoms with Gasteiger partial charge in [0.15, 0.2) is 0 Å². The number of benzene rings is 1. The molecule has 0 heterocycles. The zero-order chi connectivity index (χ0) is 11.6. The number of carbonyl (C=O) groups excluding carboxylic acids is 1. The molecule has 0 radical (unpaired) electrons. The van der Waals surface area contributed by atoms with Crippen LogP contribution in [0, 0.1) is 0 Å². The van der Waals surface area contributed by atoms with Gasteiger partial charge in [0.05, 0.1) is 0 Å². The van der Waals surface area contributed by atoms with Gasteiger partial charge in [0, 0.05) is 0 Å². The lowest BCUT2D eigenvalue weighted by Gasteiger charge is -2.21. The molecule has 0 saturated carbocycles. The van der Waals surface area contributed by atoms with Crippen molar-refractivity contribution in [3.05, 3.63) is 35.4 Å². The van der Waals surface area contributed by atoms with Crippen LogP contribution in [0.15, 0.2) is 24.3 Å². The molecular formula is C12H18N2O. The van der Waals surface area contributed by atoms with Gasteiger partial charge in [-0.2, -0.15) is 0 Å². The summed E-state index contributed by atoms with van der Waals surface area (Å²) in [5, 5.41) is 0. The molecule has 0 aliphatic heterocycles. The molecule has 0 aliphatic carbocycles. The van der Waals surface area contributed by atoms with Crippen molar-refractivity contribution in [3.8, 4) is 0 Å². The highest BCUT2D eigenvalue weighted by molar-refractivity contribution is 5.85. The summed E-state index contributed by atoms with van der Waals surface area (Å²) in [6.45, 7) is 5.86. The van der Waals surface area contributed by atoms with Crippen LogP contribution in [-0.4, -0.2) is 5.91 Å². The van der Waals surface area contributed by atoms with Crippen molar-refractivity contribution < 1.29 is 4.79 Å². The summed E-state index contributed by atoms with van der Waals surface area (Å²) in [7, 11) is 0. The fourth-order valence-corrected chi connectivity index (χ4v) is 1.36. The topological polar surface area (TPSA) is 69.1 Å². The van der Waals surface area contributed by atoms with E-state index in [4.69, 9.17) is 11.5 Å². The summed E-state index contributed by atoms with van der Waals surface area (Å²) in [5.74, 6) is -0.0449. The van der Waals surface area contributed by atoms with Crippen LogP contribution in [-0.2, 0) is 10.3 Å². The predicted molar refractivity (Wildman–Crippen MR) is 61.3 cm³/mol. The van der Waals surface area contributed by atoms with E-state index in [1.807, 2.05) is 24.3 Å². The number of nitrogens with two attached hydrogens (primary N) is 2. The van der Waals surface area contributed by atoms with Crippen molar-refractivity contribution in [2.45, 2.75) is 32.2 Å². The Balaban J connectivity index is 3.04. The Morgan fingerprint density at radius 1 is 1.27 bits per heavy atom. The third-order valence-corrected chi connectivity index (χ3v) is 2.69. The van der Waals surface area contributed by atoms with Crippen LogP contribution in [0.3, 0.4) is 0 Å². The molecule has 1 rings (SSSR count). The largest absolute Gasteiger partial charge is 0.368 e. The normalized spacial score (nSPS) is 15.0. The SMILES string of the molecule is CC(C)c1ccc(C(C)(N)C(N)=O)cc1. The highest BCUT2D eigenvalue weighted by Crippen LogP contribution is 2.20. The summed E-state index contributed by atoms with van der Waals surface area (Å²) < 4.78 is 0. The number of hydrogen-bond donors (Lipinski definition) is 2. The van der Waals surface area contributed by atoms with Gasteiger partial charge in [-0.25, -0.2) is 0 Å². The molecule has 0 aromatic heterocycles. The van der Waals surface area contributed by atoms with E-state index in [0.29, 0.717) is 5.92 Å². The minimum atomic E-state index is -1.09. The Hall–Kier alpha value is -1.35. The molecule has 3 heteroatoms. The average Bonchev–Trinajstić information content (AvgIpc) is 2.17. The second-order valence-corrected chi connectivity index (χ2v) is 4.34. The average molecular weight is 206 g/mol. The molecule has 1 unspecified atom stereocenters. The van der Waals surface area contributed by atoms with Gasteiger partial charge in [-0.15, -0.1) is 0 Å². The third-order valence-electron chi connectivity index (χ3n) is 2.69. The fourth-order valence-electron chi connectivity index (χ4n) is 1.36. The zero-order valence-electron chi connectivity index (χ0n) is 9.45. The fraction of sp³-hybridized carbons (Fsp3) is 0.417. The number of rotatable bonds is 3. The Labute approximate surface area is 90.5 Å². The van der Waals surface area contributed by atoms with E-state index in [9.17, 15) is 4.79 Å². The molecule has 0 spiro atoms. The van der Waals surface area contributed by atoms with E-state index >= 15 is 0 Å². The van der Waals surface area contributed by atoms with Crippen molar-refractivity contribution in [1.82, 2.24) is 0 Å². The van der Waals surface area contributed by atoms with Crippen LogP contribution >= 0.6 is 0 Å². The monoisotopic (exact) mass is 206 g/mol. The van der Waals surface area contributed by atoms with Gasteiger partial charge in [-0.05, 0) is 24.0 Å². The maximum atomic E-state index is 11.1. The number of amides is 1. The van der Waals surface area contributed by atoms with Gasteiger partial charge in [-0.3, -0.25) is 4.79 Å². The van der Waals surface area contributed by atoms with Crippen molar-refractivity contribution in [3.63, 3.8) is 0 Å². The molecule has 1 atom stereocenters. The number of carbonyl (C=O) groups is 1. The molecule has 1 aromatic rings. The lowest BCUT2D eigenvalue weighted by Crippen LogP contribution is -2.46. The molecule has 82 valence electrons. The minimum Gasteiger partial charge on any atom is -0.368 e. The number of hydrogen-bond acceptors (Lipinski definition) is 2. The van der Waals surface area contributed by atoms with Crippen molar-refractivity contribution in [1.29, 1.82) is 0 Å². The molecule has 0 bridgehead atoms. The smallest absolute Gasteiger partial charge is 0.241 e. The van der Waals surface area contributed by atoms with Crippen molar-refractivity contribution in [2.24, 2.45) is 11.5 Å². The standard InChI is InChI=1S/C12H18N2O/c1-8(2)9-4-6-10(7-5-9)12(3,14)11(13)15/h4-8H,14H2,1-3H3,(H2,13,15). The first-order chi connectivity index (χ1) is 6.85. The van der Waals surface area contributed by atoms with Crippen LogP contribution in [0.1, 0.15) is 37.8 Å². The van der Waals surface area contributed by atoms with E-state index in [1.54, 1.807) is 6.92 Å². The van der Waals surface area contributed by atoms with E-state index in [2.05, 4.69) is 13.8 Å². The van der Waals surface area contributed by atoms with Gasteiger partial charge < -0.3 is 11.5 Å². The number of primary amides is 1. The van der Waals surface area contributed by atoms with Crippen LogP contribution in [0.25, 0.3) is 0 Å². The van der Waals surface area contributed by atoms with Gasteiger partial charge >= 0.3 is 0 Å². The highest BCUT2D eigenvalue weighted by atomic mass is 16.1. The van der Waals surface area contributed by atoms with E-state index in [-0.39, 0.29) is 0 Å². The van der Waals surface area contributed by atoms with Crippen molar-refractivity contribution in [2.75, 3.05) is 0 Å². The summed E-state index contributed by atoms with van der Waals surface area (Å²) >= 11 is 0. The van der Waals surface area contributed by atoms with Gasteiger partial charge in [0.1, 0.15) is 5.54 Å². The first-order valence-corrected chi connectivity index (χ1v) is 5.05. The first kappa shape index (κ1) is 11.7. The molecular weight excluding hydrogens is 188 g/mol. The molecule has 1 amide bonds. The predicted octanol–water partition coefficient (Wildman–Crippen LogP) is 1.47. The van der Waals surface area contributed by atoms with E-state index in [0.717, 1.165) is 5.56 Å². The summed E-state index contributed by atoms with van der Waals surface area (Å²) in [6, 6.07) is 7.68. The zero-order valence-corrected chi connectivity index (χ0v) is 9.45. The Kier molecular flexibility index (Phi) is 3.15. The first-order valence-electron chi connectivity index (χ1n) is 5.05. The van der Waals surface area contributed by atoms with Gasteiger partial charge in [0.2, 0.25) is 5.91 Å². The summed E-state index contributed by atoms with van der Waals surface area (Å²) in [6.07, 6.45) is 0. The van der Waals surface area contributed by atoms with Crippen LogP contribution in [0.4, 0.5) is 0 Å². The minimum absolute atomic E-state index is 0.469. The lowest BCUT2D eigenvalue weighted by atomic mass is 9.90. The second-order valence-electron chi connectivity index (χ2n) is 4.34. The van der Waals surface area contributed by atoms with Gasteiger partial charge in [-0.1, -0.05) is 38.1 Å². The molecule has 0 saturated heterocycles. The van der Waals surface area contributed by atoms with Crippen LogP contribution in [0.5, 0.6) is 0 Å². The van der Waals surface area contributed by atoms with E-state index in [1.165, 1.54) is 5.56 Å². The highest BCUT2D eigenvalue weighted by Gasteiger charge is 2.27. The maximum Gasteiger partial charge on any atom is 0.241 e. The van der Waals surface area contributed by atoms with Crippen LogP contribution < -0.4 is 11.5 Å². The lowest BCUT2D eigenvalue weighted by molar-refractivity contribution is -0.122. The Bertz CT molecular complexity index is 352. The molecule has 0 fully saturated rings. The maximum absolute atomic E-state index is 11.1. The Morgan fingerprint density at radius 3 is 2.07 bits per heavy atom. The molecule has 3 nitrogen and oxygen atoms in total. The second kappa shape index (κ2) is 4.03. The van der Waals surface area contributed by atoms with Crippen LogP contribution in [0.2, 0.25) is 0 Å². The quantitative estimate of drug-likeness (QED) is 0.786.